The molecule has 0 fully saturated rings. The Hall–Kier alpha value is -2.14. The molecule has 5 nitrogen and oxygen atoms in total. The van der Waals surface area contributed by atoms with E-state index < -0.39 is 0 Å². The molecule has 1 aromatic carbocycles. The predicted octanol–water partition coefficient (Wildman–Crippen LogP) is 3.37. The van der Waals surface area contributed by atoms with Crippen LogP contribution in [-0.2, 0) is 11.8 Å². The van der Waals surface area contributed by atoms with Crippen molar-refractivity contribution >= 4 is 17.3 Å². The number of rotatable bonds is 4. The summed E-state index contributed by atoms with van der Waals surface area (Å²) in [6, 6.07) is 10.0. The maximum atomic E-state index is 5.51. The van der Waals surface area contributed by atoms with E-state index in [1.807, 2.05) is 24.3 Å². The minimum absolute atomic E-state index is 0.145. The van der Waals surface area contributed by atoms with Crippen LogP contribution in [0, 0.1) is 0 Å². The van der Waals surface area contributed by atoms with Gasteiger partial charge in [-0.15, -0.1) is 0 Å². The Morgan fingerprint density at radius 2 is 1.76 bits per heavy atom. The number of hydrogen-bond acceptors (Lipinski definition) is 5. The number of nitrogens with two attached hydrogens (primary N) is 1. The normalized spacial score (nSPS) is 11.3. The van der Waals surface area contributed by atoms with Gasteiger partial charge in [-0.3, -0.25) is 0 Å². The van der Waals surface area contributed by atoms with Crippen molar-refractivity contribution in [1.29, 1.82) is 0 Å². The van der Waals surface area contributed by atoms with Crippen LogP contribution in [0.3, 0.4) is 0 Å². The summed E-state index contributed by atoms with van der Waals surface area (Å²) >= 11 is 0. The topological polar surface area (TPSA) is 75.9 Å². The number of aromatic nitrogens is 2. The summed E-state index contributed by atoms with van der Waals surface area (Å²) < 4.78 is 0. The lowest BCUT2D eigenvalue weighted by Gasteiger charge is -2.19. The summed E-state index contributed by atoms with van der Waals surface area (Å²) in [4.78, 5) is 9.03. The number of hydrazine groups is 1. The van der Waals surface area contributed by atoms with Gasteiger partial charge in [0.2, 0.25) is 0 Å². The standard InChI is InChI=1S/C16H23N5/c1-5-11-8-6-7-9-12(11)18-13-10-14(21-17)20-15(19-13)16(2,3)4/h6-10H,5,17H2,1-4H3,(H2,18,19,20,21). The minimum Gasteiger partial charge on any atom is -0.340 e. The molecule has 112 valence electrons. The maximum Gasteiger partial charge on any atom is 0.145 e. The average Bonchev–Trinajstić information content (AvgIpc) is 2.46. The van der Waals surface area contributed by atoms with Crippen molar-refractivity contribution in [3.05, 3.63) is 41.7 Å². The van der Waals surface area contributed by atoms with Gasteiger partial charge in [-0.05, 0) is 18.1 Å². The number of anilines is 3. The van der Waals surface area contributed by atoms with Crippen molar-refractivity contribution in [3.8, 4) is 0 Å². The summed E-state index contributed by atoms with van der Waals surface area (Å²) in [5, 5.41) is 3.36. The van der Waals surface area contributed by atoms with Gasteiger partial charge in [0, 0.05) is 17.2 Å². The predicted molar refractivity (Wildman–Crippen MR) is 87.6 cm³/mol. The first kappa shape index (κ1) is 15.3. The first-order valence-electron chi connectivity index (χ1n) is 7.15. The highest BCUT2D eigenvalue weighted by Crippen LogP contribution is 2.25. The van der Waals surface area contributed by atoms with Gasteiger partial charge in [0.15, 0.2) is 0 Å². The molecule has 0 atom stereocenters. The zero-order valence-electron chi connectivity index (χ0n) is 13.1. The van der Waals surface area contributed by atoms with E-state index >= 15 is 0 Å². The van der Waals surface area contributed by atoms with Gasteiger partial charge < -0.3 is 10.7 Å². The Labute approximate surface area is 126 Å². The molecule has 1 aromatic heterocycles. The van der Waals surface area contributed by atoms with Crippen molar-refractivity contribution in [1.82, 2.24) is 9.97 Å². The first-order valence-corrected chi connectivity index (χ1v) is 7.15. The summed E-state index contributed by atoms with van der Waals surface area (Å²) in [5.74, 6) is 7.60. The third-order valence-electron chi connectivity index (χ3n) is 3.21. The Morgan fingerprint density at radius 3 is 2.38 bits per heavy atom. The van der Waals surface area contributed by atoms with E-state index in [0.29, 0.717) is 5.82 Å². The van der Waals surface area contributed by atoms with Crippen molar-refractivity contribution in [2.45, 2.75) is 39.5 Å². The molecule has 1 heterocycles. The zero-order chi connectivity index (χ0) is 15.5. The molecule has 0 radical (unpaired) electrons. The number of nitrogens with one attached hydrogen (secondary N) is 2. The molecule has 5 heteroatoms. The van der Waals surface area contributed by atoms with E-state index in [9.17, 15) is 0 Å². The van der Waals surface area contributed by atoms with Gasteiger partial charge >= 0.3 is 0 Å². The monoisotopic (exact) mass is 285 g/mol. The third kappa shape index (κ3) is 3.70. The zero-order valence-corrected chi connectivity index (χ0v) is 13.1. The summed E-state index contributed by atoms with van der Waals surface area (Å²) in [5.41, 5.74) is 4.76. The number of benzene rings is 1. The van der Waals surface area contributed by atoms with Gasteiger partial charge in [0.25, 0.3) is 0 Å². The van der Waals surface area contributed by atoms with E-state index in [0.717, 1.165) is 23.8 Å². The largest absolute Gasteiger partial charge is 0.340 e. The van der Waals surface area contributed by atoms with E-state index in [4.69, 9.17) is 5.84 Å². The second-order valence-electron chi connectivity index (χ2n) is 5.99. The molecule has 0 bridgehead atoms. The van der Waals surface area contributed by atoms with Crippen LogP contribution in [0.15, 0.2) is 30.3 Å². The molecule has 2 rings (SSSR count). The fraction of sp³-hybridized carbons (Fsp3) is 0.375. The van der Waals surface area contributed by atoms with Crippen molar-refractivity contribution in [2.24, 2.45) is 5.84 Å². The summed E-state index contributed by atoms with van der Waals surface area (Å²) in [6.45, 7) is 8.36. The molecular weight excluding hydrogens is 262 g/mol. The number of nitrogen functional groups attached to an aromatic ring is 1. The quantitative estimate of drug-likeness (QED) is 0.593. The van der Waals surface area contributed by atoms with E-state index in [2.05, 4.69) is 54.5 Å². The van der Waals surface area contributed by atoms with Crippen LogP contribution < -0.4 is 16.6 Å². The van der Waals surface area contributed by atoms with Crippen LogP contribution in [0.4, 0.5) is 17.3 Å². The number of nitrogens with zero attached hydrogens (tertiary/aromatic N) is 2. The highest BCUT2D eigenvalue weighted by Gasteiger charge is 2.19. The molecule has 0 aliphatic heterocycles. The van der Waals surface area contributed by atoms with Gasteiger partial charge in [0.05, 0.1) is 0 Å². The van der Waals surface area contributed by atoms with Gasteiger partial charge in [-0.2, -0.15) is 0 Å². The van der Waals surface area contributed by atoms with Crippen LogP contribution in [0.2, 0.25) is 0 Å². The average molecular weight is 285 g/mol. The SMILES string of the molecule is CCc1ccccc1Nc1cc(NN)nc(C(C)(C)C)n1. The van der Waals surface area contributed by atoms with E-state index in [1.165, 1.54) is 5.56 Å². The molecule has 4 N–H and O–H groups in total. The lowest BCUT2D eigenvalue weighted by atomic mass is 9.96. The number of para-hydroxylation sites is 1. The van der Waals surface area contributed by atoms with Crippen LogP contribution in [0.25, 0.3) is 0 Å². The fourth-order valence-corrected chi connectivity index (χ4v) is 2.01. The smallest absolute Gasteiger partial charge is 0.145 e. The molecule has 21 heavy (non-hydrogen) atoms. The van der Waals surface area contributed by atoms with Gasteiger partial charge in [0.1, 0.15) is 17.5 Å². The lowest BCUT2D eigenvalue weighted by Crippen LogP contribution is -2.19. The number of aryl methyl sites for hydroxylation is 1. The number of hydrogen-bond donors (Lipinski definition) is 3. The third-order valence-corrected chi connectivity index (χ3v) is 3.21. The van der Waals surface area contributed by atoms with Crippen molar-refractivity contribution in [2.75, 3.05) is 10.7 Å². The fourth-order valence-electron chi connectivity index (χ4n) is 2.01. The minimum atomic E-state index is -0.145. The van der Waals surface area contributed by atoms with Gasteiger partial charge in [-0.1, -0.05) is 45.9 Å². The molecule has 0 saturated carbocycles. The molecule has 2 aromatic rings. The lowest BCUT2D eigenvalue weighted by molar-refractivity contribution is 0.547. The van der Waals surface area contributed by atoms with Gasteiger partial charge in [-0.25, -0.2) is 15.8 Å². The summed E-state index contributed by atoms with van der Waals surface area (Å²) in [6.07, 6.45) is 0.961. The second-order valence-corrected chi connectivity index (χ2v) is 5.99. The maximum absolute atomic E-state index is 5.51. The van der Waals surface area contributed by atoms with Crippen molar-refractivity contribution in [3.63, 3.8) is 0 Å². The molecule has 0 unspecified atom stereocenters. The Morgan fingerprint density at radius 1 is 1.10 bits per heavy atom. The van der Waals surface area contributed by atoms with E-state index in [-0.39, 0.29) is 5.41 Å². The molecular formula is C16H23N5. The molecule has 0 aliphatic rings. The van der Waals surface area contributed by atoms with Crippen molar-refractivity contribution < 1.29 is 0 Å². The Balaban J connectivity index is 2.39. The summed E-state index contributed by atoms with van der Waals surface area (Å²) in [7, 11) is 0. The van der Waals surface area contributed by atoms with E-state index in [1.54, 1.807) is 0 Å². The Bertz CT molecular complexity index is 616. The van der Waals surface area contributed by atoms with Crippen LogP contribution in [0.5, 0.6) is 0 Å². The van der Waals surface area contributed by atoms with Crippen LogP contribution in [0.1, 0.15) is 39.1 Å². The molecule has 0 spiro atoms. The highest BCUT2D eigenvalue weighted by molar-refractivity contribution is 5.62. The van der Waals surface area contributed by atoms with Crippen LogP contribution in [-0.4, -0.2) is 9.97 Å². The first-order chi connectivity index (χ1) is 9.94. The molecule has 0 aliphatic carbocycles. The second kappa shape index (κ2) is 6.10. The Kier molecular flexibility index (Phi) is 4.43. The molecule has 0 saturated heterocycles. The molecule has 0 amide bonds. The highest BCUT2D eigenvalue weighted by atomic mass is 15.3. The van der Waals surface area contributed by atoms with Crippen LogP contribution >= 0.6 is 0 Å².